The van der Waals surface area contributed by atoms with Crippen LogP contribution in [0.15, 0.2) is 42.5 Å². The first-order chi connectivity index (χ1) is 10.3. The van der Waals surface area contributed by atoms with Gasteiger partial charge < -0.3 is 14.2 Å². The molecule has 0 N–H and O–H groups in total. The van der Waals surface area contributed by atoms with Crippen molar-refractivity contribution in [1.82, 2.24) is 0 Å². The summed E-state index contributed by atoms with van der Waals surface area (Å²) in [5.41, 5.74) is 2.45. The van der Waals surface area contributed by atoms with Crippen LogP contribution in [-0.4, -0.2) is 20.3 Å². The summed E-state index contributed by atoms with van der Waals surface area (Å²) in [7, 11) is 1.68. The maximum Gasteiger partial charge on any atom is 0.161 e. The van der Waals surface area contributed by atoms with E-state index in [2.05, 4.69) is 40.2 Å². The monoisotopic (exact) mass is 348 g/mol. The fraction of sp³-hybridized carbons (Fsp3) is 0.294. The van der Waals surface area contributed by atoms with Gasteiger partial charge in [0.1, 0.15) is 19.0 Å². The second kappa shape index (κ2) is 6.39. The molecule has 0 fully saturated rings. The van der Waals surface area contributed by atoms with Gasteiger partial charge in [-0.05, 0) is 41.8 Å². The van der Waals surface area contributed by atoms with Gasteiger partial charge in [0.15, 0.2) is 11.5 Å². The number of halogens is 1. The maximum atomic E-state index is 5.63. The molecule has 3 rings (SSSR count). The summed E-state index contributed by atoms with van der Waals surface area (Å²) in [6, 6.07) is 14.3. The van der Waals surface area contributed by atoms with Gasteiger partial charge in [0.25, 0.3) is 0 Å². The van der Waals surface area contributed by atoms with E-state index >= 15 is 0 Å². The Balaban J connectivity index is 1.73. The second-order valence-electron chi connectivity index (χ2n) is 4.92. The topological polar surface area (TPSA) is 27.7 Å². The average Bonchev–Trinajstić information content (AvgIpc) is 2.55. The predicted molar refractivity (Wildman–Crippen MR) is 85.8 cm³/mol. The Kier molecular flexibility index (Phi) is 4.34. The van der Waals surface area contributed by atoms with Crippen LogP contribution in [0, 0.1) is 0 Å². The Morgan fingerprint density at radius 2 is 1.76 bits per heavy atom. The number of hydrogen-bond donors (Lipinski definition) is 0. The molecule has 1 heterocycles. The lowest BCUT2D eigenvalue weighted by molar-refractivity contribution is 0.171. The van der Waals surface area contributed by atoms with Gasteiger partial charge in [-0.3, -0.25) is 0 Å². The van der Waals surface area contributed by atoms with Crippen LogP contribution in [0.25, 0.3) is 0 Å². The average molecular weight is 349 g/mol. The molecule has 2 aromatic rings. The smallest absolute Gasteiger partial charge is 0.161 e. The van der Waals surface area contributed by atoms with Crippen molar-refractivity contribution >= 4 is 15.9 Å². The molecule has 0 aliphatic carbocycles. The number of methoxy groups -OCH3 is 1. The lowest BCUT2D eigenvalue weighted by Crippen LogP contribution is -2.15. The Morgan fingerprint density at radius 1 is 1.05 bits per heavy atom. The van der Waals surface area contributed by atoms with Gasteiger partial charge in [0, 0.05) is 4.83 Å². The molecule has 3 nitrogen and oxygen atoms in total. The van der Waals surface area contributed by atoms with E-state index in [4.69, 9.17) is 14.2 Å². The summed E-state index contributed by atoms with van der Waals surface area (Å²) in [5.74, 6) is 2.54. The van der Waals surface area contributed by atoms with Crippen molar-refractivity contribution in [3.05, 3.63) is 53.6 Å². The molecule has 0 saturated heterocycles. The molecule has 4 heteroatoms. The summed E-state index contributed by atoms with van der Waals surface area (Å²) >= 11 is 3.76. The summed E-state index contributed by atoms with van der Waals surface area (Å²) in [4.78, 5) is 0.238. The van der Waals surface area contributed by atoms with Gasteiger partial charge in [-0.15, -0.1) is 0 Å². The molecule has 1 aliphatic heterocycles. The first-order valence-corrected chi connectivity index (χ1v) is 7.84. The third-order valence-corrected chi connectivity index (χ3v) is 4.35. The quantitative estimate of drug-likeness (QED) is 0.777. The Bertz CT molecular complexity index is 610. The number of alkyl halides is 1. The molecule has 0 saturated carbocycles. The highest BCUT2D eigenvalue weighted by atomic mass is 79.9. The molecule has 1 aliphatic rings. The van der Waals surface area contributed by atoms with E-state index in [1.165, 1.54) is 11.1 Å². The minimum atomic E-state index is 0.238. The van der Waals surface area contributed by atoms with Crippen LogP contribution in [0.5, 0.6) is 17.2 Å². The normalized spacial score (nSPS) is 14.6. The first kappa shape index (κ1) is 14.3. The van der Waals surface area contributed by atoms with E-state index in [9.17, 15) is 0 Å². The van der Waals surface area contributed by atoms with E-state index in [0.717, 1.165) is 23.7 Å². The standard InChI is InChI=1S/C17H17BrO3/c1-19-14-5-2-12(3-6-14)10-15(18)13-4-7-16-17(11-13)21-9-8-20-16/h2-7,11,15H,8-10H2,1H3. The van der Waals surface area contributed by atoms with Crippen molar-refractivity contribution < 1.29 is 14.2 Å². The van der Waals surface area contributed by atoms with E-state index in [0.29, 0.717) is 13.2 Å². The van der Waals surface area contributed by atoms with Gasteiger partial charge in [-0.25, -0.2) is 0 Å². The van der Waals surface area contributed by atoms with Crippen molar-refractivity contribution in [1.29, 1.82) is 0 Å². The van der Waals surface area contributed by atoms with Crippen LogP contribution in [0.1, 0.15) is 16.0 Å². The van der Waals surface area contributed by atoms with Crippen LogP contribution >= 0.6 is 15.9 Å². The fourth-order valence-corrected chi connectivity index (χ4v) is 3.00. The summed E-state index contributed by atoms with van der Waals surface area (Å²) < 4.78 is 16.4. The Hall–Kier alpha value is -1.68. The van der Waals surface area contributed by atoms with Gasteiger partial charge in [-0.1, -0.05) is 34.1 Å². The largest absolute Gasteiger partial charge is 0.497 e. The van der Waals surface area contributed by atoms with Crippen LogP contribution < -0.4 is 14.2 Å². The lowest BCUT2D eigenvalue weighted by Gasteiger charge is -2.20. The molecular weight excluding hydrogens is 332 g/mol. The van der Waals surface area contributed by atoms with Gasteiger partial charge in [-0.2, -0.15) is 0 Å². The number of benzene rings is 2. The molecule has 1 atom stereocenters. The van der Waals surface area contributed by atoms with E-state index in [1.54, 1.807) is 7.11 Å². The summed E-state index contributed by atoms with van der Waals surface area (Å²) in [5, 5.41) is 0. The fourth-order valence-electron chi connectivity index (χ4n) is 2.34. The summed E-state index contributed by atoms with van der Waals surface area (Å²) in [6.45, 7) is 1.23. The van der Waals surface area contributed by atoms with Crippen LogP contribution in [0.2, 0.25) is 0 Å². The van der Waals surface area contributed by atoms with Crippen molar-refractivity contribution in [2.24, 2.45) is 0 Å². The predicted octanol–water partition coefficient (Wildman–Crippen LogP) is 4.15. The molecule has 21 heavy (non-hydrogen) atoms. The third-order valence-electron chi connectivity index (χ3n) is 3.50. The van der Waals surface area contributed by atoms with Crippen LogP contribution in [0.3, 0.4) is 0 Å². The highest BCUT2D eigenvalue weighted by Gasteiger charge is 2.15. The minimum Gasteiger partial charge on any atom is -0.497 e. The van der Waals surface area contributed by atoms with Crippen molar-refractivity contribution in [3.8, 4) is 17.2 Å². The Labute approximate surface area is 133 Å². The van der Waals surface area contributed by atoms with E-state index < -0.39 is 0 Å². The zero-order chi connectivity index (χ0) is 14.7. The van der Waals surface area contributed by atoms with E-state index in [1.807, 2.05) is 18.2 Å². The molecule has 0 bridgehead atoms. The second-order valence-corrected chi connectivity index (χ2v) is 6.03. The highest BCUT2D eigenvalue weighted by Crippen LogP contribution is 2.36. The van der Waals surface area contributed by atoms with Crippen molar-refractivity contribution in [3.63, 3.8) is 0 Å². The minimum absolute atomic E-state index is 0.238. The molecular formula is C17H17BrO3. The number of hydrogen-bond acceptors (Lipinski definition) is 3. The number of rotatable bonds is 4. The van der Waals surface area contributed by atoms with E-state index in [-0.39, 0.29) is 4.83 Å². The molecule has 1 unspecified atom stereocenters. The van der Waals surface area contributed by atoms with Gasteiger partial charge >= 0.3 is 0 Å². The van der Waals surface area contributed by atoms with Crippen molar-refractivity contribution in [2.45, 2.75) is 11.2 Å². The van der Waals surface area contributed by atoms with Crippen molar-refractivity contribution in [2.75, 3.05) is 20.3 Å². The molecule has 0 amide bonds. The number of ether oxygens (including phenoxy) is 3. The summed E-state index contributed by atoms with van der Waals surface area (Å²) in [6.07, 6.45) is 0.906. The van der Waals surface area contributed by atoms with Crippen LogP contribution in [0.4, 0.5) is 0 Å². The molecule has 0 radical (unpaired) electrons. The third kappa shape index (κ3) is 3.32. The first-order valence-electron chi connectivity index (χ1n) is 6.93. The lowest BCUT2D eigenvalue weighted by atomic mass is 10.0. The Morgan fingerprint density at radius 3 is 2.48 bits per heavy atom. The van der Waals surface area contributed by atoms with Gasteiger partial charge in [0.05, 0.1) is 7.11 Å². The zero-order valence-corrected chi connectivity index (χ0v) is 13.4. The SMILES string of the molecule is COc1ccc(CC(Br)c2ccc3c(c2)OCCO3)cc1. The van der Waals surface area contributed by atoms with Crippen LogP contribution in [-0.2, 0) is 6.42 Å². The zero-order valence-electron chi connectivity index (χ0n) is 11.8. The number of fused-ring (bicyclic) bond motifs is 1. The maximum absolute atomic E-state index is 5.63. The molecule has 110 valence electrons. The molecule has 0 spiro atoms. The molecule has 2 aromatic carbocycles. The molecule has 0 aromatic heterocycles. The van der Waals surface area contributed by atoms with Gasteiger partial charge in [0.2, 0.25) is 0 Å². The highest BCUT2D eigenvalue weighted by molar-refractivity contribution is 9.09.